The van der Waals surface area contributed by atoms with Crippen LogP contribution in [-0.4, -0.2) is 19.7 Å². The summed E-state index contributed by atoms with van der Waals surface area (Å²) in [6.07, 6.45) is 6.94. The molecule has 0 aliphatic heterocycles. The molecule has 1 aliphatic rings. The number of likely N-dealkylation sites (N-methyl/N-ethyl adjacent to an activating group) is 1. The molecule has 1 saturated carbocycles. The van der Waals surface area contributed by atoms with Crippen LogP contribution in [0.3, 0.4) is 0 Å². The van der Waals surface area contributed by atoms with E-state index in [9.17, 15) is 0 Å². The van der Waals surface area contributed by atoms with Crippen molar-refractivity contribution in [1.29, 1.82) is 0 Å². The van der Waals surface area contributed by atoms with Gasteiger partial charge in [0.1, 0.15) is 0 Å². The molecule has 0 saturated heterocycles. The van der Waals surface area contributed by atoms with Crippen molar-refractivity contribution in [2.75, 3.05) is 13.7 Å². The minimum atomic E-state index is 0.161. The third kappa shape index (κ3) is 4.31. The van der Waals surface area contributed by atoms with Gasteiger partial charge in [-0.05, 0) is 36.8 Å². The zero-order valence-electron chi connectivity index (χ0n) is 13.8. The van der Waals surface area contributed by atoms with Crippen molar-refractivity contribution < 1.29 is 4.74 Å². The van der Waals surface area contributed by atoms with Crippen molar-refractivity contribution in [2.24, 2.45) is 11.8 Å². The lowest BCUT2D eigenvalue weighted by molar-refractivity contribution is 0.0348. The average Bonchev–Trinajstić information content (AvgIpc) is 2.56. The van der Waals surface area contributed by atoms with Crippen LogP contribution in [0.15, 0.2) is 30.3 Å². The Hall–Kier alpha value is -0.860. The van der Waals surface area contributed by atoms with Crippen LogP contribution < -0.4 is 5.32 Å². The highest BCUT2D eigenvalue weighted by Gasteiger charge is 2.32. The van der Waals surface area contributed by atoms with Gasteiger partial charge in [0.05, 0.1) is 6.10 Å². The summed E-state index contributed by atoms with van der Waals surface area (Å²) in [6, 6.07) is 11.1. The summed E-state index contributed by atoms with van der Waals surface area (Å²) in [5, 5.41) is 3.71. The highest BCUT2D eigenvalue weighted by atomic mass is 16.5. The maximum Gasteiger partial charge on any atom is 0.0976 e. The number of hydrogen-bond donors (Lipinski definition) is 1. The molecule has 1 aromatic rings. The predicted molar refractivity (Wildman–Crippen MR) is 89.4 cm³/mol. The van der Waals surface area contributed by atoms with Crippen molar-refractivity contribution in [3.63, 3.8) is 0 Å². The first-order valence-corrected chi connectivity index (χ1v) is 8.61. The average molecular weight is 289 g/mol. The number of rotatable bonds is 7. The van der Waals surface area contributed by atoms with Crippen molar-refractivity contribution >= 4 is 0 Å². The number of ether oxygens (including phenoxy) is 1. The zero-order chi connectivity index (χ0) is 15.1. The third-order valence-corrected chi connectivity index (χ3v) is 5.12. The Kier molecular flexibility index (Phi) is 6.72. The van der Waals surface area contributed by atoms with Crippen molar-refractivity contribution in [2.45, 2.75) is 58.1 Å². The van der Waals surface area contributed by atoms with E-state index in [0.717, 1.165) is 18.4 Å². The van der Waals surface area contributed by atoms with Crippen molar-refractivity contribution in [3.8, 4) is 0 Å². The lowest BCUT2D eigenvalue weighted by Crippen LogP contribution is -2.43. The maximum absolute atomic E-state index is 5.89. The van der Waals surface area contributed by atoms with Crippen LogP contribution in [0.4, 0.5) is 0 Å². The lowest BCUT2D eigenvalue weighted by atomic mass is 9.75. The molecule has 2 heteroatoms. The smallest absolute Gasteiger partial charge is 0.0976 e. The molecule has 21 heavy (non-hydrogen) atoms. The molecule has 0 bridgehead atoms. The number of nitrogens with one attached hydrogen (secondary N) is 1. The van der Waals surface area contributed by atoms with Crippen LogP contribution in [-0.2, 0) is 4.74 Å². The minimum Gasteiger partial charge on any atom is -0.375 e. The third-order valence-electron chi connectivity index (χ3n) is 5.12. The Balaban J connectivity index is 2.10. The monoisotopic (exact) mass is 289 g/mol. The van der Waals surface area contributed by atoms with Crippen LogP contribution >= 0.6 is 0 Å². The van der Waals surface area contributed by atoms with E-state index in [-0.39, 0.29) is 6.10 Å². The van der Waals surface area contributed by atoms with Gasteiger partial charge in [-0.3, -0.25) is 0 Å². The molecule has 1 aliphatic carbocycles. The van der Waals surface area contributed by atoms with Crippen molar-refractivity contribution in [3.05, 3.63) is 35.9 Å². The van der Waals surface area contributed by atoms with Crippen LogP contribution in [0.2, 0.25) is 0 Å². The van der Waals surface area contributed by atoms with E-state index >= 15 is 0 Å². The Labute approximate surface area is 130 Å². The van der Waals surface area contributed by atoms with Crippen molar-refractivity contribution in [1.82, 2.24) is 5.32 Å². The predicted octanol–water partition coefficient (Wildman–Crippen LogP) is 4.57. The first-order chi connectivity index (χ1) is 10.3. The summed E-state index contributed by atoms with van der Waals surface area (Å²) in [4.78, 5) is 0. The number of benzene rings is 1. The molecule has 0 amide bonds. The van der Waals surface area contributed by atoms with Crippen LogP contribution in [0.25, 0.3) is 0 Å². The maximum atomic E-state index is 5.89. The van der Waals surface area contributed by atoms with Crippen LogP contribution in [0.5, 0.6) is 0 Å². The molecule has 1 fully saturated rings. The summed E-state index contributed by atoms with van der Waals surface area (Å²) < 4.78 is 5.89. The summed E-state index contributed by atoms with van der Waals surface area (Å²) >= 11 is 0. The summed E-state index contributed by atoms with van der Waals surface area (Å²) in [7, 11) is 1.85. The first kappa shape index (κ1) is 16.5. The van der Waals surface area contributed by atoms with E-state index < -0.39 is 0 Å². The summed E-state index contributed by atoms with van der Waals surface area (Å²) in [5.41, 5.74) is 1.29. The molecule has 1 N–H and O–H groups in total. The van der Waals surface area contributed by atoms with Gasteiger partial charge >= 0.3 is 0 Å². The molecule has 2 atom stereocenters. The van der Waals surface area contributed by atoms with Gasteiger partial charge < -0.3 is 10.1 Å². The highest BCUT2D eigenvalue weighted by Crippen LogP contribution is 2.37. The molecule has 1 aromatic carbocycles. The van der Waals surface area contributed by atoms with Crippen LogP contribution in [0.1, 0.15) is 57.6 Å². The molecule has 0 spiro atoms. The summed E-state index contributed by atoms with van der Waals surface area (Å²) in [5.74, 6) is 1.68. The molecule has 2 nitrogen and oxygen atoms in total. The molecule has 0 radical (unpaired) electrons. The lowest BCUT2D eigenvalue weighted by Gasteiger charge is -2.38. The van der Waals surface area contributed by atoms with Gasteiger partial charge in [0.25, 0.3) is 0 Å². The first-order valence-electron chi connectivity index (χ1n) is 8.61. The van der Waals surface area contributed by atoms with Gasteiger partial charge in [-0.1, -0.05) is 63.4 Å². The fraction of sp³-hybridized carbons (Fsp3) is 0.684. The molecular weight excluding hydrogens is 258 g/mol. The van der Waals surface area contributed by atoms with E-state index in [2.05, 4.69) is 49.5 Å². The molecule has 0 aromatic heterocycles. The zero-order valence-corrected chi connectivity index (χ0v) is 13.8. The molecule has 118 valence electrons. The van der Waals surface area contributed by atoms with Gasteiger partial charge in [0.15, 0.2) is 0 Å². The van der Waals surface area contributed by atoms with E-state index in [0.29, 0.717) is 6.04 Å². The minimum absolute atomic E-state index is 0.161. The SMILES string of the molecule is CCNC(C1CCC(CC)CC1)C(OC)c1ccccc1. The Morgan fingerprint density at radius 3 is 2.29 bits per heavy atom. The standard InChI is InChI=1S/C19H31NO/c1-4-15-11-13-16(14-12-15)18(20-5-2)19(21-3)17-9-7-6-8-10-17/h6-10,15-16,18-20H,4-5,11-14H2,1-3H3. The van der Waals surface area contributed by atoms with Gasteiger partial charge in [-0.15, -0.1) is 0 Å². The van der Waals surface area contributed by atoms with Gasteiger partial charge in [-0.25, -0.2) is 0 Å². The fourth-order valence-electron chi connectivity index (χ4n) is 3.84. The van der Waals surface area contributed by atoms with Gasteiger partial charge in [0, 0.05) is 13.2 Å². The normalized spacial score (nSPS) is 25.5. The fourth-order valence-corrected chi connectivity index (χ4v) is 3.84. The number of hydrogen-bond acceptors (Lipinski definition) is 2. The molecular formula is C19H31NO. The second-order valence-corrected chi connectivity index (χ2v) is 6.34. The topological polar surface area (TPSA) is 21.3 Å². The summed E-state index contributed by atoms with van der Waals surface area (Å²) in [6.45, 7) is 5.53. The highest BCUT2D eigenvalue weighted by molar-refractivity contribution is 5.19. The Morgan fingerprint density at radius 2 is 1.76 bits per heavy atom. The van der Waals surface area contributed by atoms with Gasteiger partial charge in [0.2, 0.25) is 0 Å². The largest absolute Gasteiger partial charge is 0.375 e. The molecule has 2 unspecified atom stereocenters. The number of methoxy groups -OCH3 is 1. The van der Waals surface area contributed by atoms with Gasteiger partial charge in [-0.2, -0.15) is 0 Å². The Bertz CT molecular complexity index is 384. The quantitative estimate of drug-likeness (QED) is 0.794. The molecule has 2 rings (SSSR count). The van der Waals surface area contributed by atoms with E-state index in [1.165, 1.54) is 37.7 Å². The van der Waals surface area contributed by atoms with E-state index in [1.807, 2.05) is 7.11 Å². The van der Waals surface area contributed by atoms with E-state index in [1.54, 1.807) is 0 Å². The van der Waals surface area contributed by atoms with E-state index in [4.69, 9.17) is 4.74 Å². The van der Waals surface area contributed by atoms with Crippen LogP contribution in [0, 0.1) is 11.8 Å². The second-order valence-electron chi connectivity index (χ2n) is 6.34. The second kappa shape index (κ2) is 8.55. The Morgan fingerprint density at radius 1 is 1.10 bits per heavy atom. The molecule has 0 heterocycles.